The Labute approximate surface area is 64.4 Å². The minimum atomic E-state index is -2.91. The average molecular weight is 166 g/mol. The Morgan fingerprint density at radius 3 is 2.45 bits per heavy atom. The summed E-state index contributed by atoms with van der Waals surface area (Å²) < 4.78 is 23.1. The van der Waals surface area contributed by atoms with Crippen LogP contribution in [-0.4, -0.2) is 44.4 Å². The topological polar surface area (TPSA) is 32.3 Å². The molecule has 0 saturated carbocycles. The van der Waals surface area contributed by atoms with E-state index in [1.165, 1.54) is 0 Å². The van der Waals surface area contributed by atoms with E-state index in [0.717, 1.165) is 0 Å². The number of carbonyl (C=O) groups excluding carboxylic acids is 1. The Bertz CT molecular complexity index is 128. The minimum Gasteiger partial charge on any atom is -0.350 e. The maximum absolute atomic E-state index is 11.5. The summed E-state index contributed by atoms with van der Waals surface area (Å²) in [5, 5.41) is 2.08. The first-order valence-electron chi connectivity index (χ1n) is 3.24. The van der Waals surface area contributed by atoms with Gasteiger partial charge in [0, 0.05) is 13.1 Å². The van der Waals surface area contributed by atoms with Crippen LogP contribution in [0.5, 0.6) is 0 Å². The van der Waals surface area contributed by atoms with Crippen LogP contribution in [0.25, 0.3) is 0 Å². The van der Waals surface area contributed by atoms with Crippen molar-refractivity contribution in [1.82, 2.24) is 10.2 Å². The Balaban J connectivity index is 3.32. The number of carbonyl (C=O) groups is 1. The van der Waals surface area contributed by atoms with Crippen molar-refractivity contribution in [3.8, 4) is 0 Å². The van der Waals surface area contributed by atoms with Gasteiger partial charge >= 0.3 is 6.43 Å². The predicted molar refractivity (Wildman–Crippen MR) is 37.6 cm³/mol. The number of alkyl halides is 2. The summed E-state index contributed by atoms with van der Waals surface area (Å²) in [6.07, 6.45) is -2.91. The van der Waals surface area contributed by atoms with Gasteiger partial charge in [-0.3, -0.25) is 4.79 Å². The van der Waals surface area contributed by atoms with Gasteiger partial charge in [0.15, 0.2) is 0 Å². The quantitative estimate of drug-likeness (QED) is 0.634. The molecule has 5 heteroatoms. The van der Waals surface area contributed by atoms with Crippen LogP contribution in [0.2, 0.25) is 0 Å². The minimum absolute atomic E-state index is 0.260. The molecule has 0 aromatic carbocycles. The number of amides is 1. The molecule has 0 fully saturated rings. The number of hydrogen-bond acceptors (Lipinski definition) is 2. The first kappa shape index (κ1) is 10.3. The van der Waals surface area contributed by atoms with Gasteiger partial charge in [-0.2, -0.15) is 8.78 Å². The van der Waals surface area contributed by atoms with Gasteiger partial charge in [-0.15, -0.1) is 0 Å². The van der Waals surface area contributed by atoms with Crippen LogP contribution in [0.15, 0.2) is 0 Å². The molecule has 0 bridgehead atoms. The maximum Gasteiger partial charge on any atom is 0.315 e. The van der Waals surface area contributed by atoms with Gasteiger partial charge in [-0.25, -0.2) is 0 Å². The first-order chi connectivity index (χ1) is 5.04. The molecule has 66 valence electrons. The SMILES string of the molecule is CN(C)CCNC(=O)C(F)F. The highest BCUT2D eigenvalue weighted by molar-refractivity contribution is 5.78. The van der Waals surface area contributed by atoms with E-state index >= 15 is 0 Å². The summed E-state index contributed by atoms with van der Waals surface area (Å²) in [7, 11) is 3.60. The molecule has 1 N–H and O–H groups in total. The molecule has 0 aromatic rings. The smallest absolute Gasteiger partial charge is 0.315 e. The van der Waals surface area contributed by atoms with E-state index in [4.69, 9.17) is 0 Å². The fraction of sp³-hybridized carbons (Fsp3) is 0.833. The monoisotopic (exact) mass is 166 g/mol. The molecule has 0 atom stereocenters. The molecule has 0 aromatic heterocycles. The first-order valence-corrected chi connectivity index (χ1v) is 3.24. The summed E-state index contributed by atoms with van der Waals surface area (Å²) in [4.78, 5) is 12.0. The molecule has 0 aliphatic carbocycles. The van der Waals surface area contributed by atoms with Crippen LogP contribution in [-0.2, 0) is 4.79 Å². The van der Waals surface area contributed by atoms with Crippen LogP contribution >= 0.6 is 0 Å². The number of likely N-dealkylation sites (N-methyl/N-ethyl adjacent to an activating group) is 1. The van der Waals surface area contributed by atoms with E-state index in [1.807, 2.05) is 0 Å². The van der Waals surface area contributed by atoms with Crippen molar-refractivity contribution < 1.29 is 13.6 Å². The molecule has 3 nitrogen and oxygen atoms in total. The molecule has 11 heavy (non-hydrogen) atoms. The lowest BCUT2D eigenvalue weighted by atomic mass is 10.5. The Hall–Kier alpha value is -0.710. The van der Waals surface area contributed by atoms with E-state index in [2.05, 4.69) is 5.32 Å². The molecule has 0 unspecified atom stereocenters. The van der Waals surface area contributed by atoms with Crippen LogP contribution < -0.4 is 5.32 Å². The molecular formula is C6H12F2N2O. The molecular weight excluding hydrogens is 154 g/mol. The number of nitrogens with one attached hydrogen (secondary N) is 1. The zero-order chi connectivity index (χ0) is 8.85. The lowest BCUT2D eigenvalue weighted by Gasteiger charge is -2.09. The van der Waals surface area contributed by atoms with Crippen molar-refractivity contribution in [3.05, 3.63) is 0 Å². The number of hydrogen-bond donors (Lipinski definition) is 1. The van der Waals surface area contributed by atoms with Crippen molar-refractivity contribution >= 4 is 5.91 Å². The van der Waals surface area contributed by atoms with E-state index in [9.17, 15) is 13.6 Å². The second kappa shape index (κ2) is 5.01. The third-order valence-corrected chi connectivity index (χ3v) is 1.06. The largest absolute Gasteiger partial charge is 0.350 e. The third-order valence-electron chi connectivity index (χ3n) is 1.06. The van der Waals surface area contributed by atoms with E-state index in [1.54, 1.807) is 19.0 Å². The maximum atomic E-state index is 11.5. The predicted octanol–water partition coefficient (Wildman–Crippen LogP) is -0.0707. The molecule has 0 saturated heterocycles. The molecule has 0 spiro atoms. The third kappa shape index (κ3) is 5.72. The summed E-state index contributed by atoms with van der Waals surface area (Å²) in [5.41, 5.74) is 0. The van der Waals surface area contributed by atoms with Crippen molar-refractivity contribution in [3.63, 3.8) is 0 Å². The zero-order valence-corrected chi connectivity index (χ0v) is 6.60. The van der Waals surface area contributed by atoms with Gasteiger partial charge in [-0.05, 0) is 14.1 Å². The molecule has 0 rings (SSSR count). The van der Waals surface area contributed by atoms with Crippen molar-refractivity contribution in [1.29, 1.82) is 0 Å². The lowest BCUT2D eigenvalue weighted by Crippen LogP contribution is -2.34. The molecule has 0 heterocycles. The molecule has 0 aliphatic heterocycles. The van der Waals surface area contributed by atoms with E-state index < -0.39 is 12.3 Å². The van der Waals surface area contributed by atoms with Gasteiger partial charge in [0.05, 0.1) is 0 Å². The number of nitrogens with zero attached hydrogens (tertiary/aromatic N) is 1. The normalized spacial score (nSPS) is 10.7. The Morgan fingerprint density at radius 1 is 1.55 bits per heavy atom. The second-order valence-corrected chi connectivity index (χ2v) is 2.39. The van der Waals surface area contributed by atoms with Crippen molar-refractivity contribution in [2.24, 2.45) is 0 Å². The van der Waals surface area contributed by atoms with Crippen molar-refractivity contribution in [2.75, 3.05) is 27.2 Å². The second-order valence-electron chi connectivity index (χ2n) is 2.39. The van der Waals surface area contributed by atoms with Crippen LogP contribution in [0.1, 0.15) is 0 Å². The van der Waals surface area contributed by atoms with E-state index in [0.29, 0.717) is 6.54 Å². The molecule has 0 radical (unpaired) electrons. The van der Waals surface area contributed by atoms with Crippen LogP contribution in [0.3, 0.4) is 0 Å². The molecule has 1 amide bonds. The van der Waals surface area contributed by atoms with Gasteiger partial charge in [0.2, 0.25) is 0 Å². The summed E-state index contributed by atoms with van der Waals surface area (Å²) in [6, 6.07) is 0. The van der Waals surface area contributed by atoms with Gasteiger partial charge in [-0.1, -0.05) is 0 Å². The van der Waals surface area contributed by atoms with Crippen LogP contribution in [0.4, 0.5) is 8.78 Å². The standard InChI is InChI=1S/C6H12F2N2O/c1-10(2)4-3-9-6(11)5(7)8/h5H,3-4H2,1-2H3,(H,9,11). The highest BCUT2D eigenvalue weighted by Gasteiger charge is 2.13. The lowest BCUT2D eigenvalue weighted by molar-refractivity contribution is -0.131. The van der Waals surface area contributed by atoms with Crippen molar-refractivity contribution in [2.45, 2.75) is 6.43 Å². The summed E-state index contributed by atoms with van der Waals surface area (Å²) in [6.45, 7) is 0.828. The highest BCUT2D eigenvalue weighted by Crippen LogP contribution is 1.89. The van der Waals surface area contributed by atoms with Crippen LogP contribution in [0, 0.1) is 0 Å². The Kier molecular flexibility index (Phi) is 4.69. The Morgan fingerprint density at radius 2 is 2.09 bits per heavy atom. The van der Waals surface area contributed by atoms with Gasteiger partial charge in [0.25, 0.3) is 5.91 Å². The van der Waals surface area contributed by atoms with E-state index in [-0.39, 0.29) is 6.54 Å². The average Bonchev–Trinajstić information content (AvgIpc) is 1.86. The van der Waals surface area contributed by atoms with Gasteiger partial charge in [0.1, 0.15) is 0 Å². The summed E-state index contributed by atoms with van der Waals surface area (Å²) >= 11 is 0. The molecule has 0 aliphatic rings. The zero-order valence-electron chi connectivity index (χ0n) is 6.60. The summed E-state index contributed by atoms with van der Waals surface area (Å²) in [5.74, 6) is -1.20. The number of halogens is 2. The fourth-order valence-corrected chi connectivity index (χ4v) is 0.480. The fourth-order valence-electron chi connectivity index (χ4n) is 0.480. The number of rotatable bonds is 4. The van der Waals surface area contributed by atoms with Gasteiger partial charge < -0.3 is 10.2 Å². The highest BCUT2D eigenvalue weighted by atomic mass is 19.3.